The molecule has 0 saturated carbocycles. The fourth-order valence-corrected chi connectivity index (χ4v) is 4.58. The van der Waals surface area contributed by atoms with E-state index in [2.05, 4.69) is 61.1 Å². The number of hydrogen-bond donors (Lipinski definition) is 1. The molecule has 1 heterocycles. The van der Waals surface area contributed by atoms with Crippen molar-refractivity contribution < 1.29 is 33.8 Å². The molecule has 1 rings (SSSR count). The molecule has 1 aliphatic rings. The van der Waals surface area contributed by atoms with Crippen LogP contribution in [0.1, 0.15) is 62.3 Å². The Kier molecular flexibility index (Phi) is 21.3. The summed E-state index contributed by atoms with van der Waals surface area (Å²) >= 11 is 5.93. The monoisotopic (exact) mass is 606 g/mol. The average molecular weight is 607 g/mol. The average Bonchev–Trinajstić information content (AvgIpc) is 2.78. The van der Waals surface area contributed by atoms with Crippen molar-refractivity contribution in [2.45, 2.75) is 74.0 Å². The third-order valence-corrected chi connectivity index (χ3v) is 6.10. The Morgan fingerprint density at radius 2 is 1.02 bits per heavy atom. The summed E-state index contributed by atoms with van der Waals surface area (Å²) in [5.41, 5.74) is -0.0676. The van der Waals surface area contributed by atoms with Crippen LogP contribution in [0.4, 0.5) is 0 Å². The van der Waals surface area contributed by atoms with Gasteiger partial charge in [-0.15, -0.1) is 11.6 Å². The van der Waals surface area contributed by atoms with E-state index in [1.54, 1.807) is 0 Å². The molecule has 41 heavy (non-hydrogen) atoms. The summed E-state index contributed by atoms with van der Waals surface area (Å²) in [5, 5.41) is 10.3. The smallest absolute Gasteiger partial charge is 0.373 e. The SMILES string of the molecule is CC(C)(C)CN1CCN(CC(=O)OC(C)(C)C)CCN(CC(O)CCl)CCN(CC(C)(C)C)CC1.O=C=O.O=C=O. The molecule has 1 saturated heterocycles. The number of rotatable bonds is 7. The lowest BCUT2D eigenvalue weighted by molar-refractivity contribution is -0.193. The van der Waals surface area contributed by atoms with Crippen molar-refractivity contribution in [1.82, 2.24) is 19.6 Å². The zero-order chi connectivity index (χ0) is 32.3. The molecule has 1 fully saturated rings. The maximum Gasteiger partial charge on any atom is 0.373 e. The Labute approximate surface area is 252 Å². The van der Waals surface area contributed by atoms with Gasteiger partial charge in [0.05, 0.1) is 12.6 Å². The van der Waals surface area contributed by atoms with E-state index >= 15 is 0 Å². The lowest BCUT2D eigenvalue weighted by Gasteiger charge is -2.38. The van der Waals surface area contributed by atoms with Gasteiger partial charge in [-0.3, -0.25) is 14.6 Å². The maximum atomic E-state index is 12.6. The van der Waals surface area contributed by atoms with Gasteiger partial charge in [-0.2, -0.15) is 19.2 Å². The molecule has 1 N–H and O–H groups in total. The minimum atomic E-state index is -0.553. The molecule has 0 spiro atoms. The molecule has 240 valence electrons. The quantitative estimate of drug-likeness (QED) is 0.338. The van der Waals surface area contributed by atoms with Crippen LogP contribution in [0.5, 0.6) is 0 Å². The number of esters is 1. The van der Waals surface area contributed by atoms with Crippen molar-refractivity contribution >= 4 is 29.9 Å². The molecule has 1 aliphatic heterocycles. The van der Waals surface area contributed by atoms with Crippen LogP contribution in [-0.4, -0.2) is 139 Å². The summed E-state index contributed by atoms with van der Waals surface area (Å²) in [7, 11) is 0. The third-order valence-electron chi connectivity index (χ3n) is 5.75. The summed E-state index contributed by atoms with van der Waals surface area (Å²) < 4.78 is 5.62. The summed E-state index contributed by atoms with van der Waals surface area (Å²) in [6.45, 7) is 29.4. The van der Waals surface area contributed by atoms with Crippen LogP contribution in [0.25, 0.3) is 0 Å². The van der Waals surface area contributed by atoms with E-state index in [0.29, 0.717) is 6.54 Å². The fourth-order valence-electron chi connectivity index (χ4n) is 4.48. The van der Waals surface area contributed by atoms with Crippen LogP contribution in [0.3, 0.4) is 0 Å². The number of aliphatic hydroxyl groups excluding tert-OH is 1. The number of aliphatic hydroxyl groups is 1. The van der Waals surface area contributed by atoms with Crippen LogP contribution in [0, 0.1) is 10.8 Å². The number of ether oxygens (including phenoxy) is 1. The van der Waals surface area contributed by atoms with Crippen LogP contribution < -0.4 is 0 Å². The number of alkyl halides is 1. The van der Waals surface area contributed by atoms with Crippen LogP contribution in [-0.2, 0) is 28.7 Å². The first-order chi connectivity index (χ1) is 18.8. The predicted octanol–water partition coefficient (Wildman–Crippen LogP) is 2.07. The molecule has 0 aromatic heterocycles. The second kappa shape index (κ2) is 21.1. The molecule has 1 atom stereocenters. The summed E-state index contributed by atoms with van der Waals surface area (Å²) in [6.07, 6.45) is -0.0535. The number of carbonyl (C=O) groups is 1. The van der Waals surface area contributed by atoms with Gasteiger partial charge >= 0.3 is 18.3 Å². The van der Waals surface area contributed by atoms with Crippen molar-refractivity contribution in [3.63, 3.8) is 0 Å². The van der Waals surface area contributed by atoms with Gasteiger partial charge in [-0.1, -0.05) is 41.5 Å². The number of halogens is 1. The summed E-state index contributed by atoms with van der Waals surface area (Å²) in [6, 6.07) is 0. The Hall–Kier alpha value is -1.68. The second-order valence-electron chi connectivity index (χ2n) is 13.8. The highest BCUT2D eigenvalue weighted by molar-refractivity contribution is 6.18. The topological polar surface area (TPSA) is 128 Å². The number of β-amino-alcohol motifs (C(OH)–C–C–N with tert-alkyl or cyclic N) is 1. The third kappa shape index (κ3) is 26.9. The van der Waals surface area contributed by atoms with Gasteiger partial charge in [-0.25, -0.2) is 0 Å². The van der Waals surface area contributed by atoms with E-state index < -0.39 is 11.7 Å². The highest BCUT2D eigenvalue weighted by Crippen LogP contribution is 2.18. The van der Waals surface area contributed by atoms with E-state index in [-0.39, 0.29) is 41.5 Å². The number of nitrogens with zero attached hydrogens (tertiary/aromatic N) is 4. The zero-order valence-electron chi connectivity index (χ0n) is 26.8. The molecular weight excluding hydrogens is 552 g/mol. The Balaban J connectivity index is 0. The highest BCUT2D eigenvalue weighted by atomic mass is 35.5. The fraction of sp³-hybridized carbons (Fsp3) is 0.897. The molecule has 0 aromatic carbocycles. The maximum absolute atomic E-state index is 12.6. The predicted molar refractivity (Wildman–Crippen MR) is 157 cm³/mol. The van der Waals surface area contributed by atoms with Gasteiger partial charge in [0, 0.05) is 77.9 Å². The first kappa shape index (κ1) is 41.5. The summed E-state index contributed by atoms with van der Waals surface area (Å²) in [5.74, 6) is 0.0432. The molecule has 0 aromatic rings. The molecule has 0 radical (unpaired) electrons. The van der Waals surface area contributed by atoms with Crippen molar-refractivity contribution in [3.8, 4) is 0 Å². The van der Waals surface area contributed by atoms with E-state index in [1.165, 1.54) is 0 Å². The lowest BCUT2D eigenvalue weighted by Crippen LogP contribution is -2.50. The Morgan fingerprint density at radius 1 is 0.707 bits per heavy atom. The molecule has 0 amide bonds. The summed E-state index contributed by atoms with van der Waals surface area (Å²) in [4.78, 5) is 54.8. The minimum absolute atomic E-state index is 0.185. The first-order valence-corrected chi connectivity index (χ1v) is 14.7. The largest absolute Gasteiger partial charge is 0.459 e. The standard InChI is InChI=1S/C27H55ClN4O3.2CO2/c1-25(2,3)21-31-14-12-29(19-23(33)18-28)10-11-30(20-24(34)35-27(7,8)9)13-15-32(17-16-31)22-26(4,5)6;2*2-1-3/h23,33H,10-22H2,1-9H3;;. The number of carbonyl (C=O) groups excluding carboxylic acids is 5. The van der Waals surface area contributed by atoms with E-state index in [9.17, 15) is 9.90 Å². The van der Waals surface area contributed by atoms with Gasteiger partial charge in [0.15, 0.2) is 0 Å². The van der Waals surface area contributed by atoms with Crippen LogP contribution in [0.2, 0.25) is 0 Å². The van der Waals surface area contributed by atoms with Gasteiger partial charge in [-0.05, 0) is 31.6 Å². The molecule has 0 aliphatic carbocycles. The van der Waals surface area contributed by atoms with Gasteiger partial charge < -0.3 is 19.6 Å². The van der Waals surface area contributed by atoms with Crippen LogP contribution in [0.15, 0.2) is 0 Å². The molecular formula is C29H55ClN4O7. The van der Waals surface area contributed by atoms with Gasteiger partial charge in [0.2, 0.25) is 0 Å². The minimum Gasteiger partial charge on any atom is -0.459 e. The molecule has 0 bridgehead atoms. The van der Waals surface area contributed by atoms with E-state index in [1.807, 2.05) is 20.8 Å². The van der Waals surface area contributed by atoms with Crippen molar-refractivity contribution in [2.24, 2.45) is 10.8 Å². The molecule has 1 unspecified atom stereocenters. The molecule has 11 nitrogen and oxygen atoms in total. The van der Waals surface area contributed by atoms with E-state index in [0.717, 1.165) is 65.4 Å². The first-order valence-electron chi connectivity index (χ1n) is 14.1. The Morgan fingerprint density at radius 3 is 1.32 bits per heavy atom. The normalized spacial score (nSPS) is 18.1. The lowest BCUT2D eigenvalue weighted by atomic mass is 9.95. The van der Waals surface area contributed by atoms with Crippen molar-refractivity contribution in [1.29, 1.82) is 0 Å². The second-order valence-corrected chi connectivity index (χ2v) is 14.1. The van der Waals surface area contributed by atoms with Crippen LogP contribution >= 0.6 is 11.6 Å². The van der Waals surface area contributed by atoms with Gasteiger partial charge in [0.25, 0.3) is 0 Å². The van der Waals surface area contributed by atoms with Crippen molar-refractivity contribution in [2.75, 3.05) is 84.4 Å². The highest BCUT2D eigenvalue weighted by Gasteiger charge is 2.25. The van der Waals surface area contributed by atoms with Crippen molar-refractivity contribution in [3.05, 3.63) is 0 Å². The Bertz CT molecular complexity index is 770. The van der Waals surface area contributed by atoms with Gasteiger partial charge in [0.1, 0.15) is 5.60 Å². The van der Waals surface area contributed by atoms with E-state index in [4.69, 9.17) is 35.5 Å². The molecule has 12 heteroatoms. The zero-order valence-corrected chi connectivity index (χ0v) is 27.6. The number of hydrogen-bond acceptors (Lipinski definition) is 11.